The van der Waals surface area contributed by atoms with Gasteiger partial charge < -0.3 is 26.0 Å². The van der Waals surface area contributed by atoms with E-state index in [1.54, 1.807) is 36.5 Å². The molecule has 0 aliphatic rings. The average molecular weight is 611 g/mol. The average Bonchev–Trinajstić information content (AvgIpc) is 2.83. The van der Waals surface area contributed by atoms with Gasteiger partial charge in [-0.1, -0.05) is 0 Å². The minimum Gasteiger partial charge on any atom is -0.492 e. The lowest BCUT2D eigenvalue weighted by molar-refractivity contribution is 0.260. The first-order valence-corrected chi connectivity index (χ1v) is 14.4. The summed E-state index contributed by atoms with van der Waals surface area (Å²) in [7, 11) is 0.738. The molecule has 1 aromatic heterocycles. The summed E-state index contributed by atoms with van der Waals surface area (Å²) in [6.45, 7) is 0.985. The van der Waals surface area contributed by atoms with Gasteiger partial charge in [0.2, 0.25) is 5.28 Å². The number of urea groups is 1. The number of hydrogen-bond acceptors (Lipinski definition) is 8. The van der Waals surface area contributed by atoms with Crippen LogP contribution in [-0.2, 0) is 9.73 Å². The Morgan fingerprint density at radius 3 is 2.65 bits per heavy atom. The van der Waals surface area contributed by atoms with E-state index in [0.717, 1.165) is 12.1 Å². The molecule has 0 aliphatic carbocycles. The van der Waals surface area contributed by atoms with Gasteiger partial charge in [0.25, 0.3) is 0 Å². The molecule has 10 nitrogen and oxygen atoms in total. The number of anilines is 4. The molecule has 2 aromatic carbocycles. The van der Waals surface area contributed by atoms with Crippen molar-refractivity contribution in [1.29, 1.82) is 0 Å². The number of carbonyl (C=O) groups is 1. The van der Waals surface area contributed by atoms with Crippen molar-refractivity contribution in [2.45, 2.75) is 17.7 Å². The molecule has 0 saturated heterocycles. The van der Waals surface area contributed by atoms with Crippen molar-refractivity contribution in [3.05, 3.63) is 58.4 Å². The molecule has 2 amide bonds. The van der Waals surface area contributed by atoms with Crippen molar-refractivity contribution < 1.29 is 13.7 Å². The molecule has 0 bridgehead atoms. The van der Waals surface area contributed by atoms with Crippen LogP contribution in [0.5, 0.6) is 5.75 Å². The third kappa shape index (κ3) is 8.48. The number of nitrogens with one attached hydrogen (secondary N) is 2. The van der Waals surface area contributed by atoms with Gasteiger partial charge in [0.05, 0.1) is 25.7 Å². The lowest BCUT2D eigenvalue weighted by Crippen LogP contribution is -2.12. The molecule has 0 radical (unpaired) electrons. The Labute approximate surface area is 230 Å². The Hall–Kier alpha value is -3.09. The maximum atomic E-state index is 13.4. The quantitative estimate of drug-likeness (QED) is 0.156. The van der Waals surface area contributed by atoms with Gasteiger partial charge in [0, 0.05) is 56.2 Å². The summed E-state index contributed by atoms with van der Waals surface area (Å²) in [6.07, 6.45) is 4.45. The van der Waals surface area contributed by atoms with E-state index in [-0.39, 0.29) is 5.28 Å². The first kappa shape index (κ1) is 28.5. The highest BCUT2D eigenvalue weighted by atomic mass is 79.9. The third-order valence-electron chi connectivity index (χ3n) is 5.10. The second kappa shape index (κ2) is 12.9. The van der Waals surface area contributed by atoms with E-state index in [2.05, 4.69) is 40.9 Å². The standard InChI is InChI=1S/C24H29BrClN7O3S/c1-33(2)18-9-7-17(8-10-18)30-24(34)32-37(3,35)21-11-6-16(27)14-20(21)36-13-5-4-12-28-22-19(25)15-29-23(26)31-22/h6-11,14-15H,4-5,12-13,27H2,1-3H3,(H,30,34)(H,28,29,31). The van der Waals surface area contributed by atoms with Gasteiger partial charge in [-0.15, -0.1) is 4.36 Å². The third-order valence-corrected chi connectivity index (χ3v) is 7.53. The number of halogens is 2. The molecule has 198 valence electrons. The van der Waals surface area contributed by atoms with E-state index in [0.29, 0.717) is 51.9 Å². The van der Waals surface area contributed by atoms with Crippen LogP contribution < -0.4 is 26.0 Å². The van der Waals surface area contributed by atoms with Crippen molar-refractivity contribution in [3.8, 4) is 5.75 Å². The van der Waals surface area contributed by atoms with Gasteiger partial charge in [-0.05, 0) is 76.8 Å². The lowest BCUT2D eigenvalue weighted by Gasteiger charge is -2.14. The summed E-state index contributed by atoms with van der Waals surface area (Å²) < 4.78 is 24.0. The predicted molar refractivity (Wildman–Crippen MR) is 153 cm³/mol. The first-order valence-electron chi connectivity index (χ1n) is 11.3. The normalized spacial score (nSPS) is 12.4. The van der Waals surface area contributed by atoms with E-state index >= 15 is 0 Å². The minimum atomic E-state index is -3.11. The lowest BCUT2D eigenvalue weighted by atomic mass is 10.2. The maximum absolute atomic E-state index is 13.4. The molecular weight excluding hydrogens is 582 g/mol. The Bertz CT molecular complexity index is 1360. The van der Waals surface area contributed by atoms with Crippen LogP contribution in [0.25, 0.3) is 0 Å². The number of nitrogen functional groups attached to an aromatic ring is 1. The molecule has 1 heterocycles. The largest absolute Gasteiger partial charge is 0.492 e. The number of rotatable bonds is 10. The van der Waals surface area contributed by atoms with Gasteiger partial charge in [-0.2, -0.15) is 4.98 Å². The molecule has 3 aromatic rings. The van der Waals surface area contributed by atoms with Crippen molar-refractivity contribution in [2.24, 2.45) is 4.36 Å². The summed E-state index contributed by atoms with van der Waals surface area (Å²) in [6, 6.07) is 11.3. The van der Waals surface area contributed by atoms with Gasteiger partial charge in [-0.3, -0.25) is 0 Å². The second-order valence-corrected chi connectivity index (χ2v) is 11.7. The summed E-state index contributed by atoms with van der Waals surface area (Å²) in [5.41, 5.74) is 7.91. The van der Waals surface area contributed by atoms with Crippen LogP contribution in [0.4, 0.5) is 27.7 Å². The number of unbranched alkanes of at least 4 members (excludes halogenated alkanes) is 1. The predicted octanol–water partition coefficient (Wildman–Crippen LogP) is 5.50. The van der Waals surface area contributed by atoms with Crippen LogP contribution in [0.1, 0.15) is 12.8 Å². The summed E-state index contributed by atoms with van der Waals surface area (Å²) in [4.78, 5) is 22.8. The fraction of sp³-hybridized carbons (Fsp3) is 0.292. The molecule has 1 unspecified atom stereocenters. The molecule has 37 heavy (non-hydrogen) atoms. The Morgan fingerprint density at radius 1 is 1.22 bits per heavy atom. The fourth-order valence-electron chi connectivity index (χ4n) is 3.23. The van der Waals surface area contributed by atoms with Gasteiger partial charge in [-0.25, -0.2) is 14.0 Å². The molecular formula is C24H29BrClN7O3S. The van der Waals surface area contributed by atoms with Crippen LogP contribution in [0.3, 0.4) is 0 Å². The highest BCUT2D eigenvalue weighted by Crippen LogP contribution is 2.28. The fourth-order valence-corrected chi connectivity index (χ4v) is 4.97. The molecule has 0 saturated carbocycles. The molecule has 0 spiro atoms. The van der Waals surface area contributed by atoms with Crippen molar-refractivity contribution in [1.82, 2.24) is 9.97 Å². The first-order chi connectivity index (χ1) is 17.5. The molecule has 3 rings (SSSR count). The summed E-state index contributed by atoms with van der Waals surface area (Å²) in [5.74, 6) is 0.941. The van der Waals surface area contributed by atoms with Crippen molar-refractivity contribution in [2.75, 3.05) is 54.8 Å². The Balaban J connectivity index is 1.60. The van der Waals surface area contributed by atoms with E-state index in [1.807, 2.05) is 31.1 Å². The molecule has 13 heteroatoms. The summed E-state index contributed by atoms with van der Waals surface area (Å²) >= 11 is 9.20. The number of ether oxygens (including phenoxy) is 1. The number of nitrogens with two attached hydrogens (primary N) is 1. The van der Waals surface area contributed by atoms with E-state index in [9.17, 15) is 9.00 Å². The van der Waals surface area contributed by atoms with E-state index in [4.69, 9.17) is 22.1 Å². The highest BCUT2D eigenvalue weighted by Gasteiger charge is 2.16. The van der Waals surface area contributed by atoms with E-state index < -0.39 is 15.8 Å². The van der Waals surface area contributed by atoms with Crippen LogP contribution >= 0.6 is 27.5 Å². The highest BCUT2D eigenvalue weighted by molar-refractivity contribution is 9.10. The number of hydrogen-bond donors (Lipinski definition) is 3. The monoisotopic (exact) mass is 609 g/mol. The van der Waals surface area contributed by atoms with E-state index in [1.165, 1.54) is 6.26 Å². The zero-order valence-corrected chi connectivity index (χ0v) is 23.9. The number of benzene rings is 2. The topological polar surface area (TPSA) is 135 Å². The van der Waals surface area contributed by atoms with Gasteiger partial charge >= 0.3 is 6.03 Å². The SMILES string of the molecule is CN(C)c1ccc(NC(=O)N=S(C)(=O)c2ccc(N)cc2OCCCCNc2nc(Cl)ncc2Br)cc1. The number of carbonyl (C=O) groups excluding carboxylic acids is 1. The van der Waals surface area contributed by atoms with Crippen molar-refractivity contribution in [3.63, 3.8) is 0 Å². The number of nitrogens with zero attached hydrogens (tertiary/aromatic N) is 4. The summed E-state index contributed by atoms with van der Waals surface area (Å²) in [5, 5.41) is 6.00. The Morgan fingerprint density at radius 2 is 1.95 bits per heavy atom. The molecule has 0 fully saturated rings. The van der Waals surface area contributed by atoms with Crippen LogP contribution in [0.2, 0.25) is 5.28 Å². The van der Waals surface area contributed by atoms with Crippen LogP contribution in [-0.4, -0.2) is 53.7 Å². The van der Waals surface area contributed by atoms with Crippen LogP contribution in [0, 0.1) is 0 Å². The number of amides is 2. The van der Waals surface area contributed by atoms with Crippen LogP contribution in [0.15, 0.2) is 62.4 Å². The number of aromatic nitrogens is 2. The van der Waals surface area contributed by atoms with Crippen molar-refractivity contribution >= 4 is 66.2 Å². The minimum absolute atomic E-state index is 0.160. The molecule has 0 aliphatic heterocycles. The zero-order valence-electron chi connectivity index (χ0n) is 20.7. The maximum Gasteiger partial charge on any atom is 0.353 e. The van der Waals surface area contributed by atoms with Gasteiger partial charge in [0.15, 0.2) is 0 Å². The zero-order chi connectivity index (χ0) is 27.0. The Kier molecular flexibility index (Phi) is 9.95. The molecule has 1 atom stereocenters. The second-order valence-electron chi connectivity index (χ2n) is 8.29. The smallest absolute Gasteiger partial charge is 0.353 e. The van der Waals surface area contributed by atoms with Gasteiger partial charge in [0.1, 0.15) is 11.6 Å². The molecule has 4 N–H and O–H groups in total.